The van der Waals surface area contributed by atoms with Gasteiger partial charge in [-0.05, 0) is 11.8 Å². The van der Waals surface area contributed by atoms with Gasteiger partial charge in [0.15, 0.2) is 0 Å². The number of thiazole rings is 1. The molecule has 0 aromatic carbocycles. The van der Waals surface area contributed by atoms with Crippen LogP contribution in [0.5, 0.6) is 0 Å². The topological polar surface area (TPSA) is 12.9 Å². The lowest BCUT2D eigenvalue weighted by atomic mass is 9.76. The summed E-state index contributed by atoms with van der Waals surface area (Å²) in [4.78, 5) is 5.96. The Balaban J connectivity index is 2.33. The van der Waals surface area contributed by atoms with Crippen molar-refractivity contribution in [3.8, 4) is 0 Å². The van der Waals surface area contributed by atoms with Crippen LogP contribution in [0.3, 0.4) is 0 Å². The van der Waals surface area contributed by atoms with Gasteiger partial charge in [-0.2, -0.15) is 0 Å². The Morgan fingerprint density at radius 2 is 1.77 bits per heavy atom. The van der Waals surface area contributed by atoms with Gasteiger partial charge in [-0.25, -0.2) is 4.98 Å². The van der Waals surface area contributed by atoms with Crippen molar-refractivity contribution in [3.63, 3.8) is 0 Å². The highest BCUT2D eigenvalue weighted by molar-refractivity contribution is 7.12. The second kappa shape index (κ2) is 3.09. The molecule has 0 fully saturated rings. The lowest BCUT2D eigenvalue weighted by molar-refractivity contribution is 0.350. The zero-order valence-corrected chi connectivity index (χ0v) is 9.56. The number of hydrogen-bond acceptors (Lipinski definition) is 2. The van der Waals surface area contributed by atoms with Crippen LogP contribution in [0.1, 0.15) is 49.4 Å². The number of rotatable bonds is 2. The van der Waals surface area contributed by atoms with E-state index in [2.05, 4.69) is 38.9 Å². The van der Waals surface area contributed by atoms with Crippen LogP contribution in [0, 0.1) is 11.8 Å². The molecule has 0 spiro atoms. The largest absolute Gasteiger partial charge is 0.249 e. The fourth-order valence-corrected chi connectivity index (χ4v) is 3.94. The van der Waals surface area contributed by atoms with Crippen molar-refractivity contribution >= 4 is 11.3 Å². The molecule has 2 heterocycles. The van der Waals surface area contributed by atoms with Gasteiger partial charge in [0.2, 0.25) is 0 Å². The average molecular weight is 195 g/mol. The molecular weight excluding hydrogens is 178 g/mol. The fraction of sp³-hybridized carbons (Fsp3) is 0.727. The molecule has 2 bridgehead atoms. The van der Waals surface area contributed by atoms with Crippen LogP contribution in [-0.4, -0.2) is 4.98 Å². The number of fused-ring (bicyclic) bond motifs is 2. The molecule has 0 saturated heterocycles. The normalized spacial score (nSPS) is 26.3. The van der Waals surface area contributed by atoms with Gasteiger partial charge in [-0.3, -0.25) is 0 Å². The first kappa shape index (κ1) is 9.20. The summed E-state index contributed by atoms with van der Waals surface area (Å²) in [6.07, 6.45) is 2.07. The van der Waals surface area contributed by atoms with E-state index in [0.29, 0.717) is 5.92 Å². The average Bonchev–Trinajstić information content (AvgIpc) is 2.60. The van der Waals surface area contributed by atoms with Gasteiger partial charge in [-0.1, -0.05) is 27.7 Å². The van der Waals surface area contributed by atoms with Gasteiger partial charge in [0.05, 0.1) is 5.01 Å². The molecule has 2 unspecified atom stereocenters. The van der Waals surface area contributed by atoms with Crippen LogP contribution in [0.25, 0.3) is 0 Å². The maximum atomic E-state index is 4.46. The third-order valence-electron chi connectivity index (χ3n) is 2.98. The van der Waals surface area contributed by atoms with E-state index in [1.54, 1.807) is 0 Å². The molecule has 0 saturated carbocycles. The standard InChI is InChI=1S/C11H17NS/c1-6(2)9-8-5-12-11(13-8)10(9)7(3)4/h5-7,9-10H,1-4H3. The van der Waals surface area contributed by atoms with Crippen molar-refractivity contribution in [1.82, 2.24) is 4.98 Å². The summed E-state index contributed by atoms with van der Waals surface area (Å²) >= 11 is 1.92. The highest BCUT2D eigenvalue weighted by Gasteiger charge is 2.38. The summed E-state index contributed by atoms with van der Waals surface area (Å²) in [5.41, 5.74) is 0. The van der Waals surface area contributed by atoms with Crippen LogP contribution in [-0.2, 0) is 0 Å². The molecule has 72 valence electrons. The van der Waals surface area contributed by atoms with Gasteiger partial charge in [0.1, 0.15) is 0 Å². The van der Waals surface area contributed by atoms with Crippen LogP contribution in [0.2, 0.25) is 0 Å². The fourth-order valence-electron chi connectivity index (χ4n) is 2.38. The third kappa shape index (κ3) is 1.32. The maximum Gasteiger partial charge on any atom is 0.0967 e. The van der Waals surface area contributed by atoms with E-state index >= 15 is 0 Å². The van der Waals surface area contributed by atoms with Gasteiger partial charge >= 0.3 is 0 Å². The molecule has 1 aliphatic rings. The van der Waals surface area contributed by atoms with Gasteiger partial charge in [0, 0.05) is 22.9 Å². The van der Waals surface area contributed by atoms with Crippen molar-refractivity contribution in [2.24, 2.45) is 11.8 Å². The Morgan fingerprint density at radius 3 is 2.23 bits per heavy atom. The molecule has 2 atom stereocenters. The zero-order valence-electron chi connectivity index (χ0n) is 8.74. The van der Waals surface area contributed by atoms with Crippen LogP contribution >= 0.6 is 11.3 Å². The first-order chi connectivity index (χ1) is 6.11. The van der Waals surface area contributed by atoms with E-state index in [1.165, 1.54) is 9.88 Å². The Labute approximate surface area is 84.2 Å². The maximum absolute atomic E-state index is 4.46. The smallest absolute Gasteiger partial charge is 0.0967 e. The summed E-state index contributed by atoms with van der Waals surface area (Å²) in [7, 11) is 0. The molecule has 0 N–H and O–H groups in total. The van der Waals surface area contributed by atoms with E-state index in [9.17, 15) is 0 Å². The minimum absolute atomic E-state index is 0.699. The Hall–Kier alpha value is -0.370. The summed E-state index contributed by atoms with van der Waals surface area (Å²) in [5.74, 6) is 2.92. The van der Waals surface area contributed by atoms with Gasteiger partial charge in [0.25, 0.3) is 0 Å². The molecule has 1 aromatic heterocycles. The predicted molar refractivity (Wildman–Crippen MR) is 57.3 cm³/mol. The minimum atomic E-state index is 0.699. The Kier molecular flexibility index (Phi) is 2.18. The Morgan fingerprint density at radius 1 is 1.15 bits per heavy atom. The summed E-state index contributed by atoms with van der Waals surface area (Å²) in [6.45, 7) is 9.26. The SMILES string of the molecule is CC(C)C1c2cnc(s2)C1C(C)C. The first-order valence-electron chi connectivity index (χ1n) is 5.07. The van der Waals surface area contributed by atoms with Crippen LogP contribution < -0.4 is 0 Å². The first-order valence-corrected chi connectivity index (χ1v) is 5.88. The number of hydrogen-bond donors (Lipinski definition) is 0. The molecule has 0 radical (unpaired) electrons. The second-order valence-electron chi connectivity index (χ2n) is 4.64. The second-order valence-corrected chi connectivity index (χ2v) is 5.73. The van der Waals surface area contributed by atoms with E-state index in [-0.39, 0.29) is 0 Å². The number of nitrogens with zero attached hydrogens (tertiary/aromatic N) is 1. The van der Waals surface area contributed by atoms with E-state index in [1.807, 2.05) is 11.3 Å². The quantitative estimate of drug-likeness (QED) is 0.702. The number of aromatic nitrogens is 1. The summed E-state index contributed by atoms with van der Waals surface area (Å²) < 4.78 is 0. The van der Waals surface area contributed by atoms with Crippen LogP contribution in [0.15, 0.2) is 6.20 Å². The molecule has 1 aromatic rings. The molecule has 13 heavy (non-hydrogen) atoms. The molecule has 0 amide bonds. The molecule has 0 aliphatic carbocycles. The molecular formula is C11H17NS. The lowest BCUT2D eigenvalue weighted by Crippen LogP contribution is -2.19. The lowest BCUT2D eigenvalue weighted by Gasteiger charge is -2.28. The summed E-state index contributed by atoms with van der Waals surface area (Å²) in [5, 5.41) is 1.36. The van der Waals surface area contributed by atoms with Crippen molar-refractivity contribution in [1.29, 1.82) is 0 Å². The highest BCUT2D eigenvalue weighted by Crippen LogP contribution is 2.51. The van der Waals surface area contributed by atoms with Crippen molar-refractivity contribution in [3.05, 3.63) is 16.1 Å². The van der Waals surface area contributed by atoms with Crippen molar-refractivity contribution in [2.45, 2.75) is 39.5 Å². The van der Waals surface area contributed by atoms with Gasteiger partial charge in [-0.15, -0.1) is 11.3 Å². The van der Waals surface area contributed by atoms with Crippen molar-refractivity contribution < 1.29 is 0 Å². The third-order valence-corrected chi connectivity index (χ3v) is 4.18. The highest BCUT2D eigenvalue weighted by atomic mass is 32.1. The zero-order chi connectivity index (χ0) is 9.59. The monoisotopic (exact) mass is 195 g/mol. The predicted octanol–water partition coefficient (Wildman–Crippen LogP) is 3.64. The Bertz CT molecular complexity index is 272. The van der Waals surface area contributed by atoms with E-state index < -0.39 is 0 Å². The minimum Gasteiger partial charge on any atom is -0.249 e. The molecule has 1 aliphatic heterocycles. The van der Waals surface area contributed by atoms with E-state index in [4.69, 9.17) is 0 Å². The van der Waals surface area contributed by atoms with Gasteiger partial charge < -0.3 is 0 Å². The molecule has 2 heteroatoms. The molecule has 2 rings (SSSR count). The molecule has 1 nitrogen and oxygen atoms in total. The van der Waals surface area contributed by atoms with Crippen molar-refractivity contribution in [2.75, 3.05) is 0 Å². The summed E-state index contributed by atoms with van der Waals surface area (Å²) in [6, 6.07) is 0. The van der Waals surface area contributed by atoms with Crippen LogP contribution in [0.4, 0.5) is 0 Å². The van der Waals surface area contributed by atoms with E-state index in [0.717, 1.165) is 17.8 Å².